The molecule has 0 bridgehead atoms. The molecular formula is C14H16NO+. The first-order chi connectivity index (χ1) is 7.79. The average molecular weight is 214 g/mol. The third-order valence-corrected chi connectivity index (χ3v) is 2.75. The Bertz CT molecular complexity index is 384. The fourth-order valence-corrected chi connectivity index (χ4v) is 1.77. The second kappa shape index (κ2) is 4.92. The van der Waals surface area contributed by atoms with Crippen LogP contribution in [0, 0.1) is 0 Å². The highest BCUT2D eigenvalue weighted by molar-refractivity contribution is 5.24. The molecule has 0 aliphatic carbocycles. The van der Waals surface area contributed by atoms with Crippen LogP contribution < -0.4 is 5.73 Å². The molecule has 0 amide bonds. The molecule has 0 aromatic heterocycles. The second-order valence-electron chi connectivity index (χ2n) is 3.87. The summed E-state index contributed by atoms with van der Waals surface area (Å²) >= 11 is 0. The fourth-order valence-electron chi connectivity index (χ4n) is 1.77. The van der Waals surface area contributed by atoms with Gasteiger partial charge in [-0.05, 0) is 5.56 Å². The Labute approximate surface area is 95.4 Å². The van der Waals surface area contributed by atoms with Crippen LogP contribution in [0.15, 0.2) is 60.7 Å². The smallest absolute Gasteiger partial charge is 0.140 e. The standard InChI is InChI=1S/C14H15NO/c15-13(11-7-3-1-4-8-11)14(16)12-9-5-2-6-10-12/h1-10,13-14,16H,15H2/p+1/t13-,14-/m0/s1. The summed E-state index contributed by atoms with van der Waals surface area (Å²) < 4.78 is 0. The zero-order chi connectivity index (χ0) is 11.4. The molecule has 16 heavy (non-hydrogen) atoms. The van der Waals surface area contributed by atoms with E-state index in [1.165, 1.54) is 0 Å². The van der Waals surface area contributed by atoms with E-state index in [4.69, 9.17) is 0 Å². The van der Waals surface area contributed by atoms with Crippen molar-refractivity contribution in [3.05, 3.63) is 71.8 Å². The quantitative estimate of drug-likeness (QED) is 0.802. The number of rotatable bonds is 3. The monoisotopic (exact) mass is 214 g/mol. The maximum absolute atomic E-state index is 10.2. The van der Waals surface area contributed by atoms with Crippen LogP contribution in [0.5, 0.6) is 0 Å². The van der Waals surface area contributed by atoms with Crippen molar-refractivity contribution in [2.45, 2.75) is 12.1 Å². The molecule has 0 unspecified atom stereocenters. The third kappa shape index (κ3) is 2.30. The summed E-state index contributed by atoms with van der Waals surface area (Å²) in [4.78, 5) is 0. The SMILES string of the molecule is [NH3+][C@@H](c1ccccc1)[C@@H](O)c1ccccc1. The maximum Gasteiger partial charge on any atom is 0.140 e. The van der Waals surface area contributed by atoms with Gasteiger partial charge in [-0.3, -0.25) is 0 Å². The van der Waals surface area contributed by atoms with E-state index < -0.39 is 6.10 Å². The van der Waals surface area contributed by atoms with Gasteiger partial charge < -0.3 is 10.8 Å². The molecule has 0 radical (unpaired) electrons. The average Bonchev–Trinajstić information content (AvgIpc) is 2.39. The van der Waals surface area contributed by atoms with Crippen LogP contribution >= 0.6 is 0 Å². The molecular weight excluding hydrogens is 198 g/mol. The lowest BCUT2D eigenvalue weighted by Crippen LogP contribution is -2.56. The Morgan fingerprint density at radius 3 is 1.69 bits per heavy atom. The number of hydrogen-bond donors (Lipinski definition) is 2. The normalized spacial score (nSPS) is 14.4. The molecule has 0 saturated heterocycles. The highest BCUT2D eigenvalue weighted by Gasteiger charge is 2.21. The molecule has 0 heterocycles. The van der Waals surface area contributed by atoms with Gasteiger partial charge >= 0.3 is 0 Å². The molecule has 2 aromatic carbocycles. The Morgan fingerprint density at radius 1 is 0.750 bits per heavy atom. The predicted molar refractivity (Wildman–Crippen MR) is 63.5 cm³/mol. The lowest BCUT2D eigenvalue weighted by atomic mass is 9.97. The minimum absolute atomic E-state index is 0.136. The highest BCUT2D eigenvalue weighted by Crippen LogP contribution is 2.24. The van der Waals surface area contributed by atoms with E-state index in [0.717, 1.165) is 11.1 Å². The van der Waals surface area contributed by atoms with E-state index in [1.54, 1.807) is 0 Å². The first-order valence-corrected chi connectivity index (χ1v) is 5.40. The minimum atomic E-state index is -0.552. The molecule has 2 rings (SSSR count). The van der Waals surface area contributed by atoms with Gasteiger partial charge in [-0.1, -0.05) is 60.7 Å². The van der Waals surface area contributed by atoms with Crippen molar-refractivity contribution < 1.29 is 10.8 Å². The first-order valence-electron chi connectivity index (χ1n) is 5.40. The van der Waals surface area contributed by atoms with Crippen molar-refractivity contribution in [3.8, 4) is 0 Å². The van der Waals surface area contributed by atoms with Gasteiger partial charge in [-0.15, -0.1) is 0 Å². The number of hydrogen-bond acceptors (Lipinski definition) is 1. The van der Waals surface area contributed by atoms with Gasteiger partial charge in [0.25, 0.3) is 0 Å². The Hall–Kier alpha value is -1.64. The van der Waals surface area contributed by atoms with Crippen LogP contribution in [0.4, 0.5) is 0 Å². The van der Waals surface area contributed by atoms with Crippen molar-refractivity contribution in [1.29, 1.82) is 0 Å². The van der Waals surface area contributed by atoms with Gasteiger partial charge in [0.2, 0.25) is 0 Å². The van der Waals surface area contributed by atoms with Gasteiger partial charge in [0.05, 0.1) is 0 Å². The van der Waals surface area contributed by atoms with E-state index in [2.05, 4.69) is 5.73 Å². The van der Waals surface area contributed by atoms with E-state index in [9.17, 15) is 5.11 Å². The van der Waals surface area contributed by atoms with Gasteiger partial charge in [0, 0.05) is 5.56 Å². The van der Waals surface area contributed by atoms with Gasteiger partial charge in [-0.2, -0.15) is 0 Å². The molecule has 2 aromatic rings. The first kappa shape index (κ1) is 10.9. The van der Waals surface area contributed by atoms with Crippen LogP contribution in [0.25, 0.3) is 0 Å². The van der Waals surface area contributed by atoms with Crippen LogP contribution in [0.3, 0.4) is 0 Å². The number of benzene rings is 2. The zero-order valence-electron chi connectivity index (χ0n) is 9.08. The summed E-state index contributed by atoms with van der Waals surface area (Å²) in [6, 6.07) is 19.4. The molecule has 0 aliphatic heterocycles. The topological polar surface area (TPSA) is 47.9 Å². The summed E-state index contributed by atoms with van der Waals surface area (Å²) in [5.74, 6) is 0. The minimum Gasteiger partial charge on any atom is -0.382 e. The molecule has 2 nitrogen and oxygen atoms in total. The van der Waals surface area contributed by atoms with Crippen LogP contribution in [-0.2, 0) is 0 Å². The summed E-state index contributed by atoms with van der Waals surface area (Å²) in [5, 5.41) is 10.2. The molecule has 0 fully saturated rings. The van der Waals surface area contributed by atoms with E-state index >= 15 is 0 Å². The highest BCUT2D eigenvalue weighted by atomic mass is 16.3. The summed E-state index contributed by atoms with van der Waals surface area (Å²) in [6.45, 7) is 0. The molecule has 2 atom stereocenters. The Balaban J connectivity index is 2.20. The van der Waals surface area contributed by atoms with Crippen molar-refractivity contribution in [2.24, 2.45) is 0 Å². The van der Waals surface area contributed by atoms with Gasteiger partial charge in [0.1, 0.15) is 12.1 Å². The van der Waals surface area contributed by atoms with Crippen LogP contribution in [0.2, 0.25) is 0 Å². The second-order valence-corrected chi connectivity index (χ2v) is 3.87. The van der Waals surface area contributed by atoms with Crippen LogP contribution in [-0.4, -0.2) is 5.11 Å². The molecule has 0 spiro atoms. The summed E-state index contributed by atoms with van der Waals surface area (Å²) in [5.41, 5.74) is 6.00. The molecule has 4 N–H and O–H groups in total. The largest absolute Gasteiger partial charge is 0.382 e. The Kier molecular flexibility index (Phi) is 3.34. The predicted octanol–water partition coefficient (Wildman–Crippen LogP) is 1.70. The van der Waals surface area contributed by atoms with E-state index in [1.807, 2.05) is 60.7 Å². The van der Waals surface area contributed by atoms with Gasteiger partial charge in [-0.25, -0.2) is 0 Å². The molecule has 0 saturated carbocycles. The van der Waals surface area contributed by atoms with E-state index in [-0.39, 0.29) is 6.04 Å². The number of aliphatic hydroxyl groups excluding tert-OH is 1. The Morgan fingerprint density at radius 2 is 1.19 bits per heavy atom. The van der Waals surface area contributed by atoms with Crippen molar-refractivity contribution >= 4 is 0 Å². The summed E-state index contributed by atoms with van der Waals surface area (Å²) in [6.07, 6.45) is -0.552. The molecule has 2 heteroatoms. The molecule has 0 aliphatic rings. The van der Waals surface area contributed by atoms with E-state index in [0.29, 0.717) is 0 Å². The number of aliphatic hydroxyl groups is 1. The maximum atomic E-state index is 10.2. The summed E-state index contributed by atoms with van der Waals surface area (Å²) in [7, 11) is 0. The zero-order valence-corrected chi connectivity index (χ0v) is 9.08. The lowest BCUT2D eigenvalue weighted by Gasteiger charge is -2.16. The lowest BCUT2D eigenvalue weighted by molar-refractivity contribution is -0.446. The number of quaternary nitrogens is 1. The van der Waals surface area contributed by atoms with Crippen molar-refractivity contribution in [1.82, 2.24) is 0 Å². The van der Waals surface area contributed by atoms with Crippen molar-refractivity contribution in [3.63, 3.8) is 0 Å². The molecule has 82 valence electrons. The fraction of sp³-hybridized carbons (Fsp3) is 0.143. The van der Waals surface area contributed by atoms with Gasteiger partial charge in [0.15, 0.2) is 0 Å². The van der Waals surface area contributed by atoms with Crippen LogP contribution in [0.1, 0.15) is 23.3 Å². The third-order valence-electron chi connectivity index (χ3n) is 2.75. The van der Waals surface area contributed by atoms with Crippen molar-refractivity contribution in [2.75, 3.05) is 0 Å².